The van der Waals surface area contributed by atoms with Crippen LogP contribution in [0.2, 0.25) is 0 Å². The molecule has 2 nitrogen and oxygen atoms in total. The van der Waals surface area contributed by atoms with Crippen molar-refractivity contribution in [1.82, 2.24) is 5.32 Å². The van der Waals surface area contributed by atoms with Crippen molar-refractivity contribution in [3.05, 3.63) is 0 Å². The van der Waals surface area contributed by atoms with Gasteiger partial charge < -0.3 is 10.1 Å². The lowest BCUT2D eigenvalue weighted by atomic mass is 10.1. The summed E-state index contributed by atoms with van der Waals surface area (Å²) in [6.07, 6.45) is -7.53. The Balaban J connectivity index is 2.30. The SMILES string of the molecule is FC(OC1CCCNC1)C(F)(F)F. The first-order valence-corrected chi connectivity index (χ1v) is 4.07. The molecule has 0 aromatic heterocycles. The molecule has 0 radical (unpaired) electrons. The molecular weight excluding hydrogens is 190 g/mol. The Morgan fingerprint density at radius 3 is 2.54 bits per heavy atom. The number of rotatable bonds is 2. The van der Waals surface area contributed by atoms with Gasteiger partial charge in [-0.25, -0.2) is 4.39 Å². The first-order valence-electron chi connectivity index (χ1n) is 4.07. The topological polar surface area (TPSA) is 21.3 Å². The summed E-state index contributed by atoms with van der Waals surface area (Å²) < 4.78 is 51.6. The van der Waals surface area contributed by atoms with Gasteiger partial charge in [0.2, 0.25) is 0 Å². The third-order valence-corrected chi connectivity index (χ3v) is 1.82. The molecule has 0 spiro atoms. The molecule has 0 aromatic rings. The minimum absolute atomic E-state index is 0.288. The van der Waals surface area contributed by atoms with Crippen LogP contribution in [0, 0.1) is 0 Å². The predicted molar refractivity (Wildman–Crippen MR) is 37.9 cm³/mol. The second-order valence-corrected chi connectivity index (χ2v) is 2.96. The van der Waals surface area contributed by atoms with Crippen molar-refractivity contribution >= 4 is 0 Å². The summed E-state index contributed by atoms with van der Waals surface area (Å²) in [6.45, 7) is 1.04. The summed E-state index contributed by atoms with van der Waals surface area (Å²) in [4.78, 5) is 0. The van der Waals surface area contributed by atoms with E-state index in [1.807, 2.05) is 0 Å². The van der Waals surface area contributed by atoms with Gasteiger partial charge >= 0.3 is 6.18 Å². The summed E-state index contributed by atoms with van der Waals surface area (Å²) in [5.41, 5.74) is 0. The molecule has 1 rings (SSSR count). The molecule has 1 saturated heterocycles. The van der Waals surface area contributed by atoms with Crippen LogP contribution in [-0.2, 0) is 4.74 Å². The molecule has 2 atom stereocenters. The van der Waals surface area contributed by atoms with Crippen molar-refractivity contribution in [2.45, 2.75) is 31.5 Å². The zero-order valence-electron chi connectivity index (χ0n) is 6.90. The molecule has 1 heterocycles. The lowest BCUT2D eigenvalue weighted by molar-refractivity contribution is -0.278. The molecular formula is C7H11F4NO. The van der Waals surface area contributed by atoms with Gasteiger partial charge in [0.15, 0.2) is 0 Å². The molecule has 1 aliphatic heterocycles. The third-order valence-electron chi connectivity index (χ3n) is 1.82. The van der Waals surface area contributed by atoms with E-state index >= 15 is 0 Å². The van der Waals surface area contributed by atoms with Crippen LogP contribution in [0.25, 0.3) is 0 Å². The van der Waals surface area contributed by atoms with Crippen molar-refractivity contribution in [1.29, 1.82) is 0 Å². The third kappa shape index (κ3) is 3.48. The van der Waals surface area contributed by atoms with E-state index in [0.717, 1.165) is 13.0 Å². The number of hydrogen-bond donors (Lipinski definition) is 1. The Hall–Kier alpha value is -0.360. The molecule has 0 aromatic carbocycles. The molecule has 0 bridgehead atoms. The van der Waals surface area contributed by atoms with Gasteiger partial charge in [-0.1, -0.05) is 0 Å². The predicted octanol–water partition coefficient (Wildman–Crippen LogP) is 1.61. The summed E-state index contributed by atoms with van der Waals surface area (Å²) >= 11 is 0. The van der Waals surface area contributed by atoms with Gasteiger partial charge in [-0.2, -0.15) is 13.2 Å². The lowest BCUT2D eigenvalue weighted by Crippen LogP contribution is -2.40. The lowest BCUT2D eigenvalue weighted by Gasteiger charge is -2.25. The van der Waals surface area contributed by atoms with Gasteiger partial charge in [0.05, 0.1) is 6.10 Å². The Bertz CT molecular complexity index is 155. The number of hydrogen-bond acceptors (Lipinski definition) is 2. The van der Waals surface area contributed by atoms with E-state index in [1.165, 1.54) is 0 Å². The highest BCUT2D eigenvalue weighted by Crippen LogP contribution is 2.25. The second kappa shape index (κ2) is 4.23. The van der Waals surface area contributed by atoms with Crippen LogP contribution in [0.15, 0.2) is 0 Å². The van der Waals surface area contributed by atoms with Crippen molar-refractivity contribution in [3.8, 4) is 0 Å². The molecule has 2 unspecified atom stereocenters. The molecule has 0 amide bonds. The summed E-state index contributed by atoms with van der Waals surface area (Å²) in [5, 5.41) is 2.83. The number of ether oxygens (including phenoxy) is 1. The zero-order valence-corrected chi connectivity index (χ0v) is 6.90. The van der Waals surface area contributed by atoms with Gasteiger partial charge in [0.1, 0.15) is 0 Å². The minimum Gasteiger partial charge on any atom is -0.337 e. The number of halogens is 4. The highest BCUT2D eigenvalue weighted by atomic mass is 19.4. The van der Waals surface area contributed by atoms with E-state index in [1.54, 1.807) is 0 Å². The van der Waals surface area contributed by atoms with Crippen LogP contribution < -0.4 is 5.32 Å². The Morgan fingerprint density at radius 1 is 1.38 bits per heavy atom. The number of alkyl halides is 4. The molecule has 6 heteroatoms. The molecule has 13 heavy (non-hydrogen) atoms. The van der Waals surface area contributed by atoms with Crippen molar-refractivity contribution in [2.24, 2.45) is 0 Å². The van der Waals surface area contributed by atoms with Crippen molar-refractivity contribution < 1.29 is 22.3 Å². The maximum Gasteiger partial charge on any atom is 0.445 e. The molecule has 1 aliphatic rings. The minimum atomic E-state index is -4.91. The standard InChI is InChI=1S/C7H11F4NO/c8-6(7(9,10)11)13-5-2-1-3-12-4-5/h5-6,12H,1-4H2. The van der Waals surface area contributed by atoms with Crippen LogP contribution in [0.3, 0.4) is 0 Å². The van der Waals surface area contributed by atoms with Gasteiger partial charge in [-0.15, -0.1) is 0 Å². The summed E-state index contributed by atoms with van der Waals surface area (Å²) in [6, 6.07) is 0. The van der Waals surface area contributed by atoms with Crippen LogP contribution in [0.5, 0.6) is 0 Å². The largest absolute Gasteiger partial charge is 0.445 e. The average Bonchev–Trinajstić information content (AvgIpc) is 2.04. The zero-order chi connectivity index (χ0) is 9.90. The maximum atomic E-state index is 12.3. The van der Waals surface area contributed by atoms with Crippen LogP contribution in [0.4, 0.5) is 17.6 Å². The van der Waals surface area contributed by atoms with E-state index < -0.39 is 18.6 Å². The fourth-order valence-electron chi connectivity index (χ4n) is 1.18. The Kier molecular flexibility index (Phi) is 3.49. The van der Waals surface area contributed by atoms with Crippen LogP contribution in [0.1, 0.15) is 12.8 Å². The molecule has 0 saturated carbocycles. The monoisotopic (exact) mass is 201 g/mol. The summed E-state index contributed by atoms with van der Waals surface area (Å²) in [5.74, 6) is 0. The number of nitrogens with one attached hydrogen (secondary N) is 1. The number of piperidine rings is 1. The molecule has 1 fully saturated rings. The van der Waals surface area contributed by atoms with E-state index in [-0.39, 0.29) is 6.54 Å². The first kappa shape index (κ1) is 10.7. The van der Waals surface area contributed by atoms with Crippen LogP contribution >= 0.6 is 0 Å². The van der Waals surface area contributed by atoms with Gasteiger partial charge in [-0.3, -0.25) is 0 Å². The average molecular weight is 201 g/mol. The highest BCUT2D eigenvalue weighted by Gasteiger charge is 2.42. The second-order valence-electron chi connectivity index (χ2n) is 2.96. The fraction of sp³-hybridized carbons (Fsp3) is 1.00. The van der Waals surface area contributed by atoms with Gasteiger partial charge in [-0.05, 0) is 19.4 Å². The smallest absolute Gasteiger partial charge is 0.337 e. The Labute approximate surface area is 73.2 Å². The molecule has 78 valence electrons. The van der Waals surface area contributed by atoms with E-state index in [0.29, 0.717) is 6.42 Å². The quantitative estimate of drug-likeness (QED) is 0.685. The van der Waals surface area contributed by atoms with Gasteiger partial charge in [0.25, 0.3) is 6.36 Å². The van der Waals surface area contributed by atoms with Gasteiger partial charge in [0, 0.05) is 6.54 Å². The highest BCUT2D eigenvalue weighted by molar-refractivity contribution is 4.70. The van der Waals surface area contributed by atoms with Crippen LogP contribution in [-0.4, -0.2) is 31.7 Å². The normalized spacial score (nSPS) is 27.2. The fourth-order valence-corrected chi connectivity index (χ4v) is 1.18. The molecule has 1 N–H and O–H groups in total. The van der Waals surface area contributed by atoms with Crippen molar-refractivity contribution in [2.75, 3.05) is 13.1 Å². The summed E-state index contributed by atoms with van der Waals surface area (Å²) in [7, 11) is 0. The van der Waals surface area contributed by atoms with E-state index in [9.17, 15) is 17.6 Å². The Morgan fingerprint density at radius 2 is 2.08 bits per heavy atom. The first-order chi connectivity index (χ1) is 6.00. The van der Waals surface area contributed by atoms with E-state index in [4.69, 9.17) is 0 Å². The maximum absolute atomic E-state index is 12.3. The molecule has 0 aliphatic carbocycles. The van der Waals surface area contributed by atoms with Crippen molar-refractivity contribution in [3.63, 3.8) is 0 Å². The van der Waals surface area contributed by atoms with E-state index in [2.05, 4.69) is 10.1 Å².